The van der Waals surface area contributed by atoms with Crippen LogP contribution in [0, 0.1) is 0 Å². The van der Waals surface area contributed by atoms with E-state index in [4.69, 9.17) is 0 Å². The van der Waals surface area contributed by atoms with Gasteiger partial charge in [-0.25, -0.2) is 0 Å². The lowest BCUT2D eigenvalue weighted by Gasteiger charge is -1.92. The molecule has 1 N–H and O–H groups in total. The Morgan fingerprint density at radius 1 is 1.33 bits per heavy atom. The van der Waals surface area contributed by atoms with Gasteiger partial charge >= 0.3 is 0 Å². The summed E-state index contributed by atoms with van der Waals surface area (Å²) in [4.78, 5) is 0. The van der Waals surface area contributed by atoms with Gasteiger partial charge in [-0.3, -0.25) is 0 Å². The monoisotopic (exact) mass is 128 g/mol. The van der Waals surface area contributed by atoms with Gasteiger partial charge in [0.25, 0.3) is 0 Å². The first-order valence-corrected chi connectivity index (χ1v) is 3.66. The highest BCUT2D eigenvalue weighted by atomic mass is 15.3. The number of hydrogen-bond acceptors (Lipinski definition) is 2. The van der Waals surface area contributed by atoms with Crippen molar-refractivity contribution in [1.29, 1.82) is 0 Å². The summed E-state index contributed by atoms with van der Waals surface area (Å²) in [6.07, 6.45) is 5.33. The van der Waals surface area contributed by atoms with Crippen molar-refractivity contribution in [2.24, 2.45) is 5.10 Å². The van der Waals surface area contributed by atoms with Crippen LogP contribution in [0.25, 0.3) is 0 Å². The Morgan fingerprint density at radius 2 is 2.11 bits per heavy atom. The van der Waals surface area contributed by atoms with E-state index in [2.05, 4.69) is 24.4 Å². The molecule has 54 valence electrons. The number of rotatable bonds is 5. The van der Waals surface area contributed by atoms with Gasteiger partial charge in [0.2, 0.25) is 0 Å². The van der Waals surface area contributed by atoms with E-state index in [-0.39, 0.29) is 0 Å². The molecule has 0 amide bonds. The normalized spacial score (nSPS) is 10.4. The molecule has 0 fully saturated rings. The van der Waals surface area contributed by atoms with Crippen LogP contribution in [0.15, 0.2) is 5.10 Å². The molecule has 0 heterocycles. The van der Waals surface area contributed by atoms with E-state index < -0.39 is 0 Å². The van der Waals surface area contributed by atoms with Crippen molar-refractivity contribution in [3.63, 3.8) is 0 Å². The Morgan fingerprint density at radius 3 is 2.67 bits per heavy atom. The first-order chi connectivity index (χ1) is 4.41. The SMILES string of the molecule is CCCC=NNCCC. The topological polar surface area (TPSA) is 24.4 Å². The van der Waals surface area contributed by atoms with Gasteiger partial charge in [0.05, 0.1) is 0 Å². The molecule has 0 aromatic carbocycles. The molecule has 0 bridgehead atoms. The lowest BCUT2D eigenvalue weighted by atomic mass is 10.4. The van der Waals surface area contributed by atoms with Crippen LogP contribution in [0.3, 0.4) is 0 Å². The van der Waals surface area contributed by atoms with Crippen molar-refractivity contribution >= 4 is 6.21 Å². The van der Waals surface area contributed by atoms with Crippen LogP contribution in [0.5, 0.6) is 0 Å². The summed E-state index contributed by atoms with van der Waals surface area (Å²) in [6, 6.07) is 0. The largest absolute Gasteiger partial charge is 0.310 e. The second-order valence-electron chi connectivity index (χ2n) is 2.01. The molecule has 0 saturated heterocycles. The fourth-order valence-electron chi connectivity index (χ4n) is 0.435. The first kappa shape index (κ1) is 8.47. The Bertz CT molecular complexity index is 69.3. The van der Waals surface area contributed by atoms with Gasteiger partial charge in [0.1, 0.15) is 0 Å². The summed E-state index contributed by atoms with van der Waals surface area (Å²) in [5.41, 5.74) is 2.94. The van der Waals surface area contributed by atoms with Gasteiger partial charge in [0.15, 0.2) is 0 Å². The molecule has 0 aliphatic rings. The Labute approximate surface area is 57.3 Å². The molecule has 2 nitrogen and oxygen atoms in total. The van der Waals surface area contributed by atoms with Gasteiger partial charge in [-0.05, 0) is 12.8 Å². The third-order valence-electron chi connectivity index (χ3n) is 0.962. The van der Waals surface area contributed by atoms with Gasteiger partial charge in [-0.1, -0.05) is 20.3 Å². The zero-order valence-corrected chi connectivity index (χ0v) is 6.35. The standard InChI is InChI=1S/C7H16N2/c1-3-5-7-9-8-6-4-2/h7-8H,3-6H2,1-2H3. The molecule has 0 radical (unpaired) electrons. The molecule has 0 saturated carbocycles. The maximum Gasteiger partial charge on any atom is 0.0326 e. The highest BCUT2D eigenvalue weighted by molar-refractivity contribution is 5.56. The fourth-order valence-corrected chi connectivity index (χ4v) is 0.435. The molecule has 0 unspecified atom stereocenters. The zero-order chi connectivity index (χ0) is 6.95. The molecule has 0 aromatic heterocycles. The van der Waals surface area contributed by atoms with Crippen molar-refractivity contribution in [2.45, 2.75) is 33.1 Å². The minimum Gasteiger partial charge on any atom is -0.310 e. The summed E-state index contributed by atoms with van der Waals surface area (Å²) in [5.74, 6) is 0. The average molecular weight is 128 g/mol. The summed E-state index contributed by atoms with van der Waals surface area (Å²) in [6.45, 7) is 5.26. The predicted octanol–water partition coefficient (Wildman–Crippen LogP) is 1.77. The van der Waals surface area contributed by atoms with Crippen LogP contribution in [0.4, 0.5) is 0 Å². The molecule has 0 rings (SSSR count). The van der Waals surface area contributed by atoms with Gasteiger partial charge in [0, 0.05) is 12.8 Å². The molecule has 0 aliphatic heterocycles. The number of hydrogen-bond donors (Lipinski definition) is 1. The second-order valence-corrected chi connectivity index (χ2v) is 2.01. The third kappa shape index (κ3) is 7.47. The van der Waals surface area contributed by atoms with E-state index in [0.717, 1.165) is 19.4 Å². The summed E-state index contributed by atoms with van der Waals surface area (Å²) >= 11 is 0. The summed E-state index contributed by atoms with van der Waals surface area (Å²) in [7, 11) is 0. The predicted molar refractivity (Wildman–Crippen MR) is 41.7 cm³/mol. The van der Waals surface area contributed by atoms with Crippen LogP contribution < -0.4 is 5.43 Å². The van der Waals surface area contributed by atoms with Crippen LogP contribution >= 0.6 is 0 Å². The Balaban J connectivity index is 2.86. The number of hydrazone groups is 1. The van der Waals surface area contributed by atoms with Gasteiger partial charge < -0.3 is 5.43 Å². The highest BCUT2D eigenvalue weighted by Crippen LogP contribution is 1.78. The molecule has 0 spiro atoms. The maximum atomic E-state index is 3.98. The van der Waals surface area contributed by atoms with Crippen molar-refractivity contribution in [3.8, 4) is 0 Å². The maximum absolute atomic E-state index is 3.98. The molecular formula is C7H16N2. The quantitative estimate of drug-likeness (QED) is 0.340. The van der Waals surface area contributed by atoms with Crippen molar-refractivity contribution in [3.05, 3.63) is 0 Å². The van der Waals surface area contributed by atoms with Crippen molar-refractivity contribution in [2.75, 3.05) is 6.54 Å². The number of nitrogens with one attached hydrogen (secondary N) is 1. The Hall–Kier alpha value is -0.530. The highest BCUT2D eigenvalue weighted by Gasteiger charge is 1.73. The Kier molecular flexibility index (Phi) is 7.03. The second kappa shape index (κ2) is 7.47. The van der Waals surface area contributed by atoms with Gasteiger partial charge in [-0.15, -0.1) is 0 Å². The fraction of sp³-hybridized carbons (Fsp3) is 0.857. The molecule has 2 heteroatoms. The molecule has 0 atom stereocenters. The zero-order valence-electron chi connectivity index (χ0n) is 6.35. The number of unbranched alkanes of at least 4 members (excludes halogenated alkanes) is 1. The molecule has 0 aromatic rings. The van der Waals surface area contributed by atoms with E-state index in [1.165, 1.54) is 6.42 Å². The number of nitrogens with zero attached hydrogens (tertiary/aromatic N) is 1. The van der Waals surface area contributed by atoms with E-state index in [9.17, 15) is 0 Å². The van der Waals surface area contributed by atoms with E-state index in [1.807, 2.05) is 6.21 Å². The van der Waals surface area contributed by atoms with Crippen LogP contribution in [0.1, 0.15) is 33.1 Å². The van der Waals surface area contributed by atoms with E-state index in [0.29, 0.717) is 0 Å². The lowest BCUT2D eigenvalue weighted by molar-refractivity contribution is 0.716. The summed E-state index contributed by atoms with van der Waals surface area (Å²) < 4.78 is 0. The van der Waals surface area contributed by atoms with E-state index in [1.54, 1.807) is 0 Å². The average Bonchev–Trinajstić information content (AvgIpc) is 1.89. The summed E-state index contributed by atoms with van der Waals surface area (Å²) in [5, 5.41) is 3.98. The lowest BCUT2D eigenvalue weighted by Crippen LogP contribution is -2.05. The van der Waals surface area contributed by atoms with Crippen LogP contribution in [0.2, 0.25) is 0 Å². The minimum absolute atomic E-state index is 0.986. The smallest absolute Gasteiger partial charge is 0.0326 e. The van der Waals surface area contributed by atoms with Gasteiger partial charge in [-0.2, -0.15) is 5.10 Å². The molecular weight excluding hydrogens is 112 g/mol. The van der Waals surface area contributed by atoms with Crippen molar-refractivity contribution < 1.29 is 0 Å². The molecule has 9 heavy (non-hydrogen) atoms. The van der Waals surface area contributed by atoms with Crippen LogP contribution in [-0.4, -0.2) is 12.8 Å². The van der Waals surface area contributed by atoms with Crippen molar-refractivity contribution in [1.82, 2.24) is 5.43 Å². The molecule has 0 aliphatic carbocycles. The minimum atomic E-state index is 0.986. The third-order valence-corrected chi connectivity index (χ3v) is 0.962. The first-order valence-electron chi connectivity index (χ1n) is 3.66. The van der Waals surface area contributed by atoms with E-state index >= 15 is 0 Å². The van der Waals surface area contributed by atoms with Crippen LogP contribution in [-0.2, 0) is 0 Å².